The number of rotatable bonds is 4. The van der Waals surface area contributed by atoms with Crippen LogP contribution in [0.3, 0.4) is 0 Å². The van der Waals surface area contributed by atoms with Crippen molar-refractivity contribution in [1.82, 2.24) is 19.2 Å². The van der Waals surface area contributed by atoms with Crippen LogP contribution >= 0.6 is 0 Å². The maximum Gasteiger partial charge on any atom is 0.274 e. The van der Waals surface area contributed by atoms with Crippen molar-refractivity contribution in [3.05, 3.63) is 35.8 Å². The van der Waals surface area contributed by atoms with Crippen LogP contribution in [0.4, 0.5) is 0 Å². The van der Waals surface area contributed by atoms with E-state index in [0.717, 1.165) is 50.7 Å². The van der Waals surface area contributed by atoms with E-state index < -0.39 is 0 Å². The lowest BCUT2D eigenvalue weighted by molar-refractivity contribution is 0.00923. The Bertz CT molecular complexity index is 763. The first kappa shape index (κ1) is 15.6. The van der Waals surface area contributed by atoms with Gasteiger partial charge in [0.1, 0.15) is 11.3 Å². The Balaban J connectivity index is 1.43. The van der Waals surface area contributed by atoms with Crippen LogP contribution < -0.4 is 0 Å². The molecule has 0 saturated carbocycles. The number of amides is 1. The molecule has 1 spiro atoms. The summed E-state index contributed by atoms with van der Waals surface area (Å²) in [5.74, 6) is 0.0668. The number of aromatic nitrogens is 2. The highest BCUT2D eigenvalue weighted by Crippen LogP contribution is 2.40. The number of likely N-dealkylation sites (tertiary alicyclic amines) is 2. The lowest BCUT2D eigenvalue weighted by atomic mass is 9.79. The first-order chi connectivity index (χ1) is 11.6. The first-order valence-corrected chi connectivity index (χ1v) is 8.56. The summed E-state index contributed by atoms with van der Waals surface area (Å²) in [6.45, 7) is 7.61. The van der Waals surface area contributed by atoms with Crippen molar-refractivity contribution < 1.29 is 9.53 Å². The molecule has 2 aliphatic heterocycles. The van der Waals surface area contributed by atoms with Gasteiger partial charge < -0.3 is 18.9 Å². The Labute approximate surface area is 142 Å². The summed E-state index contributed by atoms with van der Waals surface area (Å²) >= 11 is 0. The number of fused-ring (bicyclic) bond motifs is 1. The number of nitrogens with zero attached hydrogens (tertiary/aromatic N) is 4. The second-order valence-corrected chi connectivity index (χ2v) is 7.15. The molecule has 24 heavy (non-hydrogen) atoms. The molecule has 6 heteroatoms. The van der Waals surface area contributed by atoms with Crippen molar-refractivity contribution in [3.63, 3.8) is 0 Å². The van der Waals surface area contributed by atoms with Gasteiger partial charge in [-0.15, -0.1) is 0 Å². The highest BCUT2D eigenvalue weighted by atomic mass is 16.5. The number of ether oxygens (including phenoxy) is 1. The highest BCUT2D eigenvalue weighted by molar-refractivity contribution is 5.95. The topological polar surface area (TPSA) is 50.1 Å². The summed E-state index contributed by atoms with van der Waals surface area (Å²) in [5.41, 5.74) is 2.63. The molecule has 1 amide bonds. The third-order valence-corrected chi connectivity index (χ3v) is 5.44. The Morgan fingerprint density at radius 1 is 1.33 bits per heavy atom. The molecule has 0 atom stereocenters. The van der Waals surface area contributed by atoms with Crippen LogP contribution in [0.25, 0.3) is 5.65 Å². The molecular formula is C18H24N4O2. The largest absolute Gasteiger partial charge is 0.383 e. The standard InChI is InChI=1S/C18H24N4O2/c1-14-16(19-15-5-3-4-7-22(14)15)17(23)21-12-18(13-21)6-8-20(11-18)9-10-24-2/h3-5,7H,6,8-13H2,1-2H3. The van der Waals surface area contributed by atoms with Crippen LogP contribution in [-0.2, 0) is 4.74 Å². The minimum atomic E-state index is 0.0668. The van der Waals surface area contributed by atoms with E-state index in [-0.39, 0.29) is 11.3 Å². The van der Waals surface area contributed by atoms with Crippen LogP contribution in [0.2, 0.25) is 0 Å². The van der Waals surface area contributed by atoms with Gasteiger partial charge in [0.25, 0.3) is 5.91 Å². The molecule has 0 aromatic carbocycles. The monoisotopic (exact) mass is 328 g/mol. The van der Waals surface area contributed by atoms with E-state index in [9.17, 15) is 4.79 Å². The van der Waals surface area contributed by atoms with Crippen molar-refractivity contribution >= 4 is 11.6 Å². The second kappa shape index (κ2) is 5.86. The van der Waals surface area contributed by atoms with Crippen LogP contribution in [0, 0.1) is 12.3 Å². The third-order valence-electron chi connectivity index (χ3n) is 5.44. The van der Waals surface area contributed by atoms with Crippen LogP contribution in [-0.4, -0.2) is 71.5 Å². The van der Waals surface area contributed by atoms with E-state index >= 15 is 0 Å². The van der Waals surface area contributed by atoms with Crippen LogP contribution in [0.15, 0.2) is 24.4 Å². The lowest BCUT2D eigenvalue weighted by Gasteiger charge is -2.48. The SMILES string of the molecule is COCCN1CCC2(C1)CN(C(=O)c1nc3ccccn3c1C)C2. The molecule has 0 radical (unpaired) electrons. The highest BCUT2D eigenvalue weighted by Gasteiger charge is 2.49. The number of hydrogen-bond acceptors (Lipinski definition) is 4. The molecule has 2 saturated heterocycles. The van der Waals surface area contributed by atoms with Crippen LogP contribution in [0.5, 0.6) is 0 Å². The van der Waals surface area contributed by atoms with Crippen molar-refractivity contribution in [2.45, 2.75) is 13.3 Å². The van der Waals surface area contributed by atoms with Crippen LogP contribution in [0.1, 0.15) is 22.6 Å². The Morgan fingerprint density at radius 3 is 2.92 bits per heavy atom. The maximum atomic E-state index is 12.8. The average molecular weight is 328 g/mol. The summed E-state index contributed by atoms with van der Waals surface area (Å²) in [6.07, 6.45) is 3.13. The van der Waals surface area contributed by atoms with Gasteiger partial charge in [0.2, 0.25) is 0 Å². The zero-order chi connectivity index (χ0) is 16.7. The predicted molar refractivity (Wildman–Crippen MR) is 91.2 cm³/mol. The summed E-state index contributed by atoms with van der Waals surface area (Å²) < 4.78 is 7.14. The third kappa shape index (κ3) is 2.50. The molecule has 2 aliphatic rings. The van der Waals surface area contributed by atoms with Gasteiger partial charge in [0.05, 0.1) is 12.3 Å². The number of hydrogen-bond donors (Lipinski definition) is 0. The van der Waals surface area contributed by atoms with Gasteiger partial charge in [0.15, 0.2) is 0 Å². The Hall–Kier alpha value is -1.92. The summed E-state index contributed by atoms with van der Waals surface area (Å²) in [5, 5.41) is 0. The number of carbonyl (C=O) groups excluding carboxylic acids is 1. The van der Waals surface area contributed by atoms with E-state index in [1.165, 1.54) is 6.42 Å². The van der Waals surface area contributed by atoms with Gasteiger partial charge in [-0.2, -0.15) is 0 Å². The summed E-state index contributed by atoms with van der Waals surface area (Å²) in [7, 11) is 1.74. The molecule has 6 nitrogen and oxygen atoms in total. The van der Waals surface area contributed by atoms with Crippen molar-refractivity contribution in [2.75, 3.05) is 46.4 Å². The average Bonchev–Trinajstić information content (AvgIpc) is 3.13. The molecule has 128 valence electrons. The normalized spacial score (nSPS) is 20.0. The quantitative estimate of drug-likeness (QED) is 0.852. The molecule has 0 unspecified atom stereocenters. The fraction of sp³-hybridized carbons (Fsp3) is 0.556. The van der Waals surface area contributed by atoms with E-state index in [0.29, 0.717) is 5.69 Å². The first-order valence-electron chi connectivity index (χ1n) is 8.56. The van der Waals surface area contributed by atoms with E-state index in [1.54, 1.807) is 7.11 Å². The molecular weight excluding hydrogens is 304 g/mol. The number of carbonyl (C=O) groups is 1. The van der Waals surface area contributed by atoms with Gasteiger partial charge in [-0.3, -0.25) is 4.79 Å². The molecule has 2 aromatic rings. The molecule has 4 rings (SSSR count). The van der Waals surface area contributed by atoms with Gasteiger partial charge in [-0.1, -0.05) is 6.07 Å². The molecule has 2 fully saturated rings. The maximum absolute atomic E-state index is 12.8. The van der Waals surface area contributed by atoms with Gasteiger partial charge >= 0.3 is 0 Å². The number of methoxy groups -OCH3 is 1. The Morgan fingerprint density at radius 2 is 2.17 bits per heavy atom. The molecule has 2 aromatic heterocycles. The summed E-state index contributed by atoms with van der Waals surface area (Å²) in [6, 6.07) is 5.84. The predicted octanol–water partition coefficient (Wildman–Crippen LogP) is 1.44. The minimum Gasteiger partial charge on any atom is -0.383 e. The molecule has 0 aliphatic carbocycles. The number of imidazole rings is 1. The van der Waals surface area contributed by atoms with E-state index in [1.807, 2.05) is 40.6 Å². The Kier molecular flexibility index (Phi) is 3.81. The van der Waals surface area contributed by atoms with Gasteiger partial charge in [0, 0.05) is 44.9 Å². The zero-order valence-electron chi connectivity index (χ0n) is 14.4. The van der Waals surface area contributed by atoms with Gasteiger partial charge in [-0.05, 0) is 32.0 Å². The molecule has 0 bridgehead atoms. The smallest absolute Gasteiger partial charge is 0.274 e. The molecule has 0 N–H and O–H groups in total. The molecule has 4 heterocycles. The fourth-order valence-corrected chi connectivity index (χ4v) is 4.07. The zero-order valence-corrected chi connectivity index (χ0v) is 14.4. The number of aryl methyl sites for hydroxylation is 1. The summed E-state index contributed by atoms with van der Waals surface area (Å²) in [4.78, 5) is 21.8. The van der Waals surface area contributed by atoms with E-state index in [4.69, 9.17) is 4.74 Å². The van der Waals surface area contributed by atoms with Crippen molar-refractivity contribution in [1.29, 1.82) is 0 Å². The van der Waals surface area contributed by atoms with Gasteiger partial charge in [-0.25, -0.2) is 4.98 Å². The minimum absolute atomic E-state index is 0.0668. The van der Waals surface area contributed by atoms with E-state index in [2.05, 4.69) is 9.88 Å². The van der Waals surface area contributed by atoms with Crippen molar-refractivity contribution in [2.24, 2.45) is 5.41 Å². The lowest BCUT2D eigenvalue weighted by Crippen LogP contribution is -2.59. The fourth-order valence-electron chi connectivity index (χ4n) is 4.07. The van der Waals surface area contributed by atoms with Crippen molar-refractivity contribution in [3.8, 4) is 0 Å². The second-order valence-electron chi connectivity index (χ2n) is 7.15. The number of pyridine rings is 1.